The molecule has 3 N–H and O–H groups in total. The lowest BCUT2D eigenvalue weighted by molar-refractivity contribution is -0.123. The maximum atomic E-state index is 15.3. The maximum absolute atomic E-state index is 15.3. The molecule has 2 amide bonds. The van der Waals surface area contributed by atoms with Gasteiger partial charge in [-0.25, -0.2) is 23.1 Å². The van der Waals surface area contributed by atoms with Gasteiger partial charge in [-0.1, -0.05) is 41.9 Å². The average Bonchev–Trinajstić information content (AvgIpc) is 3.51. The normalized spacial score (nSPS) is 18.1. The summed E-state index contributed by atoms with van der Waals surface area (Å²) in [5.41, 5.74) is 4.94. The number of alkyl halides is 1. The molecule has 7 rings (SSSR count). The zero-order chi connectivity index (χ0) is 34.7. The third-order valence-electron chi connectivity index (χ3n) is 9.02. The monoisotopic (exact) mass is 690 g/mol. The third kappa shape index (κ3) is 5.73. The van der Waals surface area contributed by atoms with E-state index in [2.05, 4.69) is 10.3 Å². The summed E-state index contributed by atoms with van der Waals surface area (Å²) in [5.74, 6) is -3.35. The first-order valence-electron chi connectivity index (χ1n) is 15.6. The number of primary amides is 1. The molecule has 1 aliphatic carbocycles. The van der Waals surface area contributed by atoms with Crippen LogP contribution in [0, 0.1) is 11.6 Å². The summed E-state index contributed by atoms with van der Waals surface area (Å²) >= 11 is 6.06. The van der Waals surface area contributed by atoms with Crippen LogP contribution in [0.3, 0.4) is 0 Å². The van der Waals surface area contributed by atoms with Gasteiger partial charge in [0.1, 0.15) is 40.8 Å². The molecule has 0 bridgehead atoms. The first-order chi connectivity index (χ1) is 23.4. The van der Waals surface area contributed by atoms with E-state index in [4.69, 9.17) is 36.2 Å². The fraction of sp³-hybridized carbons (Fsp3) is 0.278. The van der Waals surface area contributed by atoms with Gasteiger partial charge in [0.25, 0.3) is 5.91 Å². The Morgan fingerprint density at radius 2 is 1.84 bits per heavy atom. The SMILES string of the molecule is CCOc1cc(C(=O)NC[C@@H](c2ccccc2)c2cc3c(c(-c4cc(Cl)c(F)cc4F)n2)OC[C@]3(C)C(N)=O)cc2oc(C3(F)CC3)nc12. The van der Waals surface area contributed by atoms with Gasteiger partial charge in [0.05, 0.1) is 17.3 Å². The van der Waals surface area contributed by atoms with E-state index < -0.39 is 40.5 Å². The van der Waals surface area contributed by atoms with Crippen LogP contribution in [0.1, 0.15) is 65.7 Å². The van der Waals surface area contributed by atoms with Crippen LogP contribution in [0.4, 0.5) is 13.2 Å². The van der Waals surface area contributed by atoms with Crippen molar-refractivity contribution in [2.24, 2.45) is 5.73 Å². The van der Waals surface area contributed by atoms with Crippen molar-refractivity contribution in [2.75, 3.05) is 19.8 Å². The van der Waals surface area contributed by atoms with E-state index in [1.54, 1.807) is 19.9 Å². The molecule has 9 nitrogen and oxygen atoms in total. The molecule has 1 saturated carbocycles. The number of benzene rings is 3. The molecule has 2 atom stereocenters. The van der Waals surface area contributed by atoms with Crippen LogP contribution in [0.2, 0.25) is 5.02 Å². The molecular weight excluding hydrogens is 661 g/mol. The number of hydrogen-bond acceptors (Lipinski definition) is 7. The fourth-order valence-electron chi connectivity index (χ4n) is 5.96. The Bertz CT molecular complexity index is 2140. The number of nitrogens with one attached hydrogen (secondary N) is 1. The van der Waals surface area contributed by atoms with Crippen molar-refractivity contribution in [3.63, 3.8) is 0 Å². The lowest BCUT2D eigenvalue weighted by Gasteiger charge is -2.23. The number of nitrogens with zero attached hydrogens (tertiary/aromatic N) is 2. The van der Waals surface area contributed by atoms with Gasteiger partial charge < -0.3 is 24.9 Å². The summed E-state index contributed by atoms with van der Waals surface area (Å²) in [6, 6.07) is 15.5. The number of amides is 2. The minimum atomic E-state index is -1.62. The largest absolute Gasteiger partial charge is 0.491 e. The highest BCUT2D eigenvalue weighted by molar-refractivity contribution is 6.31. The fourth-order valence-corrected chi connectivity index (χ4v) is 6.12. The molecule has 5 aromatic rings. The van der Waals surface area contributed by atoms with Crippen LogP contribution in [0.15, 0.2) is 65.1 Å². The number of nitrogens with two attached hydrogens (primary N) is 1. The molecule has 1 aliphatic heterocycles. The van der Waals surface area contributed by atoms with Crippen molar-refractivity contribution in [1.82, 2.24) is 15.3 Å². The number of fused-ring (bicyclic) bond motifs is 2. The number of pyridine rings is 1. The summed E-state index contributed by atoms with van der Waals surface area (Å²) in [6.07, 6.45) is 0.615. The molecule has 0 radical (unpaired) electrons. The second-order valence-corrected chi connectivity index (χ2v) is 12.8. The number of carbonyl (C=O) groups is 2. The van der Waals surface area contributed by atoms with Gasteiger partial charge >= 0.3 is 0 Å². The van der Waals surface area contributed by atoms with Crippen molar-refractivity contribution >= 4 is 34.5 Å². The lowest BCUT2D eigenvalue weighted by atomic mass is 9.81. The van der Waals surface area contributed by atoms with E-state index in [0.717, 1.165) is 11.6 Å². The highest BCUT2D eigenvalue weighted by Gasteiger charge is 2.50. The molecule has 2 aromatic heterocycles. The van der Waals surface area contributed by atoms with Crippen molar-refractivity contribution < 1.29 is 36.7 Å². The Balaban J connectivity index is 1.30. The van der Waals surface area contributed by atoms with Crippen molar-refractivity contribution in [2.45, 2.75) is 43.7 Å². The Morgan fingerprint density at radius 1 is 1.08 bits per heavy atom. The third-order valence-corrected chi connectivity index (χ3v) is 9.31. The summed E-state index contributed by atoms with van der Waals surface area (Å²) in [6.45, 7) is 3.53. The van der Waals surface area contributed by atoms with Crippen molar-refractivity contribution in [3.8, 4) is 22.8 Å². The van der Waals surface area contributed by atoms with Gasteiger partial charge in [0.2, 0.25) is 11.8 Å². The molecule has 0 spiro atoms. The summed E-state index contributed by atoms with van der Waals surface area (Å²) in [7, 11) is 0. The van der Waals surface area contributed by atoms with E-state index >= 15 is 4.39 Å². The molecule has 1 fully saturated rings. The van der Waals surface area contributed by atoms with E-state index in [-0.39, 0.29) is 64.6 Å². The van der Waals surface area contributed by atoms with Crippen LogP contribution >= 0.6 is 11.6 Å². The van der Waals surface area contributed by atoms with E-state index in [0.29, 0.717) is 35.7 Å². The molecule has 3 heterocycles. The van der Waals surface area contributed by atoms with Crippen LogP contribution in [-0.2, 0) is 15.9 Å². The summed E-state index contributed by atoms with van der Waals surface area (Å²) in [5, 5.41) is 2.61. The van der Waals surface area contributed by atoms with Crippen LogP contribution in [0.5, 0.6) is 11.5 Å². The topological polar surface area (TPSA) is 130 Å². The van der Waals surface area contributed by atoms with Gasteiger partial charge in [-0.05, 0) is 56.5 Å². The second-order valence-electron chi connectivity index (χ2n) is 12.4. The minimum absolute atomic E-state index is 0.00152. The molecule has 13 heteroatoms. The Kier molecular flexibility index (Phi) is 8.01. The number of halogens is 4. The Hall–Kier alpha value is -5.10. The number of ether oxygens (including phenoxy) is 2. The van der Waals surface area contributed by atoms with Gasteiger partial charge in [-0.15, -0.1) is 0 Å². The number of rotatable bonds is 10. The predicted octanol–water partition coefficient (Wildman–Crippen LogP) is 6.88. The minimum Gasteiger partial charge on any atom is -0.491 e. The first-order valence-corrected chi connectivity index (χ1v) is 16.0. The predicted molar refractivity (Wildman–Crippen MR) is 174 cm³/mol. The zero-order valence-corrected chi connectivity index (χ0v) is 27.2. The molecule has 252 valence electrons. The average molecular weight is 691 g/mol. The molecule has 3 aromatic carbocycles. The van der Waals surface area contributed by atoms with E-state index in [9.17, 15) is 18.4 Å². The standard InChI is InChI=1S/C36H30ClF3N4O5/c1-3-47-27-11-19(12-28-30(27)44-34(49-28)36(40)9-10-36)32(45)42-16-21(18-7-5-4-6-8-18)26-14-22-31(48-17-35(22,2)33(41)46)29(43-26)20-13-23(37)25(39)15-24(20)38/h4-8,11-15,21H,3,9-10,16-17H2,1-2H3,(H2,41,46)(H,42,45)/t21-,35-/m0/s1. The van der Waals surface area contributed by atoms with Crippen LogP contribution in [-0.4, -0.2) is 41.5 Å². The Labute approximate surface area is 283 Å². The molecular formula is C36H30ClF3N4O5. The van der Waals surface area contributed by atoms with E-state index in [1.165, 1.54) is 12.1 Å². The quantitative estimate of drug-likeness (QED) is 0.153. The highest BCUT2D eigenvalue weighted by atomic mass is 35.5. The number of carbonyl (C=O) groups excluding carboxylic acids is 2. The number of oxazole rings is 1. The molecule has 0 unspecified atom stereocenters. The maximum Gasteiger partial charge on any atom is 0.251 e. The second kappa shape index (κ2) is 12.1. The molecule has 49 heavy (non-hydrogen) atoms. The smallest absolute Gasteiger partial charge is 0.251 e. The lowest BCUT2D eigenvalue weighted by Crippen LogP contribution is -2.40. The number of hydrogen-bond donors (Lipinski definition) is 2. The summed E-state index contributed by atoms with van der Waals surface area (Å²) < 4.78 is 61.6. The van der Waals surface area contributed by atoms with Gasteiger partial charge in [-0.2, -0.15) is 0 Å². The zero-order valence-electron chi connectivity index (χ0n) is 26.4. The molecule has 2 aliphatic rings. The molecule has 0 saturated heterocycles. The first kappa shape index (κ1) is 32.4. The van der Waals surface area contributed by atoms with Crippen LogP contribution < -0.4 is 20.5 Å². The summed E-state index contributed by atoms with van der Waals surface area (Å²) in [4.78, 5) is 35.5. The Morgan fingerprint density at radius 3 is 2.53 bits per heavy atom. The van der Waals surface area contributed by atoms with Gasteiger partial charge in [0, 0.05) is 35.2 Å². The van der Waals surface area contributed by atoms with E-state index in [1.807, 2.05) is 30.3 Å². The number of aromatic nitrogens is 2. The van der Waals surface area contributed by atoms with Crippen LogP contribution in [0.25, 0.3) is 22.4 Å². The van der Waals surface area contributed by atoms with Gasteiger partial charge in [0.15, 0.2) is 16.8 Å². The van der Waals surface area contributed by atoms with Crippen molar-refractivity contribution in [1.29, 1.82) is 0 Å². The van der Waals surface area contributed by atoms with Crippen molar-refractivity contribution in [3.05, 3.63) is 106 Å². The highest BCUT2D eigenvalue weighted by Crippen LogP contribution is 2.50. The van der Waals surface area contributed by atoms with Gasteiger partial charge in [-0.3, -0.25) is 9.59 Å².